The van der Waals surface area contributed by atoms with E-state index in [1.165, 1.54) is 24.9 Å². The van der Waals surface area contributed by atoms with E-state index in [0.29, 0.717) is 11.3 Å². The Bertz CT molecular complexity index is 494. The number of carboxylic acids is 1. The van der Waals surface area contributed by atoms with Crippen LogP contribution in [0.3, 0.4) is 0 Å². The quantitative estimate of drug-likeness (QED) is 0.693. The Morgan fingerprint density at radius 2 is 2.12 bits per heavy atom. The molecule has 0 bridgehead atoms. The minimum Gasteiger partial charge on any atom is -0.481 e. The molecule has 0 aliphatic carbocycles. The Morgan fingerprint density at radius 3 is 2.65 bits per heavy atom. The molecular formula is C10H11N5O2. The van der Waals surface area contributed by atoms with E-state index in [2.05, 4.69) is 19.9 Å². The third kappa shape index (κ3) is 2.57. The Hall–Kier alpha value is -2.44. The van der Waals surface area contributed by atoms with E-state index in [-0.39, 0.29) is 12.4 Å². The van der Waals surface area contributed by atoms with Gasteiger partial charge in [0.05, 0.1) is 6.33 Å². The van der Waals surface area contributed by atoms with Crippen LogP contribution in [0.5, 0.6) is 0 Å². The van der Waals surface area contributed by atoms with Crippen molar-refractivity contribution in [1.29, 1.82) is 0 Å². The SMILES string of the molecule is Nc1ncc(CC(C(=O)O)c2cnc[nH]2)cn1. The summed E-state index contributed by atoms with van der Waals surface area (Å²) >= 11 is 0. The van der Waals surface area contributed by atoms with Gasteiger partial charge < -0.3 is 15.8 Å². The standard InChI is InChI=1S/C10H11N5O2/c11-10-13-2-6(3-14-10)1-7(9(16)17)8-4-12-5-15-8/h2-5,7H,1H2,(H,12,15)(H,16,17)(H2,11,13,14). The van der Waals surface area contributed by atoms with Crippen LogP contribution >= 0.6 is 0 Å². The number of carboxylic acid groups (broad SMARTS) is 1. The number of hydrogen-bond acceptors (Lipinski definition) is 5. The highest BCUT2D eigenvalue weighted by molar-refractivity contribution is 5.75. The van der Waals surface area contributed by atoms with Crippen molar-refractivity contribution in [3.05, 3.63) is 36.2 Å². The van der Waals surface area contributed by atoms with Gasteiger partial charge in [0, 0.05) is 24.3 Å². The van der Waals surface area contributed by atoms with Crippen molar-refractivity contribution in [3.63, 3.8) is 0 Å². The molecule has 0 radical (unpaired) electrons. The fraction of sp³-hybridized carbons (Fsp3) is 0.200. The predicted molar refractivity (Wildman–Crippen MR) is 59.1 cm³/mol. The molecule has 7 heteroatoms. The smallest absolute Gasteiger partial charge is 0.312 e. The minimum atomic E-state index is -0.925. The van der Waals surface area contributed by atoms with Gasteiger partial charge in [-0.15, -0.1) is 0 Å². The fourth-order valence-electron chi connectivity index (χ4n) is 1.49. The molecule has 0 amide bonds. The van der Waals surface area contributed by atoms with Crippen molar-refractivity contribution in [2.75, 3.05) is 5.73 Å². The average Bonchev–Trinajstić information content (AvgIpc) is 2.81. The molecule has 4 N–H and O–H groups in total. The summed E-state index contributed by atoms with van der Waals surface area (Å²) in [7, 11) is 0. The Morgan fingerprint density at radius 1 is 1.41 bits per heavy atom. The summed E-state index contributed by atoms with van der Waals surface area (Å²) in [6, 6.07) is 0. The molecular weight excluding hydrogens is 222 g/mol. The molecule has 0 fully saturated rings. The maximum atomic E-state index is 11.2. The molecule has 88 valence electrons. The molecule has 2 aromatic heterocycles. The Labute approximate surface area is 96.7 Å². The molecule has 1 atom stereocenters. The van der Waals surface area contributed by atoms with Crippen molar-refractivity contribution < 1.29 is 9.90 Å². The van der Waals surface area contributed by atoms with Gasteiger partial charge in [-0.3, -0.25) is 4.79 Å². The highest BCUT2D eigenvalue weighted by Crippen LogP contribution is 2.18. The van der Waals surface area contributed by atoms with Crippen molar-refractivity contribution in [3.8, 4) is 0 Å². The molecule has 0 saturated carbocycles. The number of nitrogens with two attached hydrogens (primary N) is 1. The maximum Gasteiger partial charge on any atom is 0.312 e. The average molecular weight is 233 g/mol. The van der Waals surface area contributed by atoms with Crippen LogP contribution in [0.15, 0.2) is 24.9 Å². The summed E-state index contributed by atoms with van der Waals surface area (Å²) in [6.45, 7) is 0. The predicted octanol–water partition coefficient (Wildman–Crippen LogP) is 0.193. The monoisotopic (exact) mass is 233 g/mol. The summed E-state index contributed by atoms with van der Waals surface area (Å²) < 4.78 is 0. The lowest BCUT2D eigenvalue weighted by atomic mass is 9.99. The summed E-state index contributed by atoms with van der Waals surface area (Å²) in [4.78, 5) is 25.4. The van der Waals surface area contributed by atoms with Crippen LogP contribution in [-0.4, -0.2) is 31.0 Å². The highest BCUT2D eigenvalue weighted by Gasteiger charge is 2.21. The second-order valence-electron chi connectivity index (χ2n) is 3.55. The van der Waals surface area contributed by atoms with Crippen LogP contribution in [0.4, 0.5) is 5.95 Å². The van der Waals surface area contributed by atoms with E-state index in [1.807, 2.05) is 0 Å². The third-order valence-electron chi connectivity index (χ3n) is 2.36. The first-order valence-corrected chi connectivity index (χ1v) is 4.94. The van der Waals surface area contributed by atoms with Gasteiger partial charge in [0.1, 0.15) is 5.92 Å². The lowest BCUT2D eigenvalue weighted by Gasteiger charge is -2.09. The van der Waals surface area contributed by atoms with Crippen LogP contribution in [-0.2, 0) is 11.2 Å². The van der Waals surface area contributed by atoms with Gasteiger partial charge in [-0.25, -0.2) is 15.0 Å². The van der Waals surface area contributed by atoms with E-state index < -0.39 is 11.9 Å². The summed E-state index contributed by atoms with van der Waals surface area (Å²) in [5.74, 6) is -1.45. The van der Waals surface area contributed by atoms with Crippen molar-refractivity contribution in [1.82, 2.24) is 19.9 Å². The van der Waals surface area contributed by atoms with Gasteiger partial charge in [0.25, 0.3) is 0 Å². The molecule has 0 spiro atoms. The number of aromatic amines is 1. The number of nitrogens with zero attached hydrogens (tertiary/aromatic N) is 3. The molecule has 7 nitrogen and oxygen atoms in total. The van der Waals surface area contributed by atoms with Gasteiger partial charge in [-0.1, -0.05) is 0 Å². The van der Waals surface area contributed by atoms with E-state index in [1.54, 1.807) is 0 Å². The number of nitrogens with one attached hydrogen (secondary N) is 1. The van der Waals surface area contributed by atoms with Crippen LogP contribution in [0.25, 0.3) is 0 Å². The summed E-state index contributed by atoms with van der Waals surface area (Å²) in [6.07, 6.45) is 6.28. The lowest BCUT2D eigenvalue weighted by molar-refractivity contribution is -0.138. The number of carbonyl (C=O) groups is 1. The number of H-pyrrole nitrogens is 1. The van der Waals surface area contributed by atoms with Gasteiger partial charge in [0.2, 0.25) is 5.95 Å². The number of aliphatic carboxylic acids is 1. The molecule has 1 unspecified atom stereocenters. The molecule has 2 aromatic rings. The normalized spacial score (nSPS) is 12.2. The Kier molecular flexibility index (Phi) is 2.99. The highest BCUT2D eigenvalue weighted by atomic mass is 16.4. The van der Waals surface area contributed by atoms with E-state index in [4.69, 9.17) is 10.8 Å². The first-order chi connectivity index (χ1) is 8.16. The number of nitrogen functional groups attached to an aromatic ring is 1. The zero-order valence-corrected chi connectivity index (χ0v) is 8.87. The van der Waals surface area contributed by atoms with E-state index >= 15 is 0 Å². The minimum absolute atomic E-state index is 0.169. The van der Waals surface area contributed by atoms with Crippen molar-refractivity contribution in [2.24, 2.45) is 0 Å². The maximum absolute atomic E-state index is 11.2. The molecule has 0 saturated heterocycles. The van der Waals surface area contributed by atoms with Crippen LogP contribution in [0.1, 0.15) is 17.2 Å². The van der Waals surface area contributed by atoms with Crippen LogP contribution < -0.4 is 5.73 Å². The summed E-state index contributed by atoms with van der Waals surface area (Å²) in [5, 5.41) is 9.15. The van der Waals surface area contributed by atoms with Crippen molar-refractivity contribution >= 4 is 11.9 Å². The summed E-state index contributed by atoms with van der Waals surface area (Å²) in [5.41, 5.74) is 6.62. The largest absolute Gasteiger partial charge is 0.481 e. The first kappa shape index (κ1) is 11.1. The zero-order chi connectivity index (χ0) is 12.3. The van der Waals surface area contributed by atoms with Gasteiger partial charge in [-0.2, -0.15) is 0 Å². The third-order valence-corrected chi connectivity index (χ3v) is 2.36. The number of hydrogen-bond donors (Lipinski definition) is 3. The van der Waals surface area contributed by atoms with Gasteiger partial charge in [-0.05, 0) is 12.0 Å². The molecule has 0 aliphatic heterocycles. The number of rotatable bonds is 4. The lowest BCUT2D eigenvalue weighted by Crippen LogP contribution is -2.15. The van der Waals surface area contributed by atoms with E-state index in [0.717, 1.165) is 0 Å². The van der Waals surface area contributed by atoms with E-state index in [9.17, 15) is 4.79 Å². The second-order valence-corrected chi connectivity index (χ2v) is 3.55. The van der Waals surface area contributed by atoms with Gasteiger partial charge in [0.15, 0.2) is 0 Å². The molecule has 2 heterocycles. The van der Waals surface area contributed by atoms with Crippen molar-refractivity contribution in [2.45, 2.75) is 12.3 Å². The number of aromatic nitrogens is 4. The van der Waals surface area contributed by atoms with Crippen LogP contribution in [0.2, 0.25) is 0 Å². The number of anilines is 1. The van der Waals surface area contributed by atoms with Crippen LogP contribution in [0, 0.1) is 0 Å². The Balaban J connectivity index is 2.19. The molecule has 0 aromatic carbocycles. The number of imidazole rings is 1. The van der Waals surface area contributed by atoms with Gasteiger partial charge >= 0.3 is 5.97 Å². The molecule has 2 rings (SSSR count). The second kappa shape index (κ2) is 4.60. The molecule has 0 aliphatic rings. The topological polar surface area (TPSA) is 118 Å². The fourth-order valence-corrected chi connectivity index (χ4v) is 1.49. The molecule has 17 heavy (non-hydrogen) atoms. The first-order valence-electron chi connectivity index (χ1n) is 4.94. The zero-order valence-electron chi connectivity index (χ0n) is 8.87.